The molecule has 1 aromatic rings. The summed E-state index contributed by atoms with van der Waals surface area (Å²) >= 11 is 0. The lowest BCUT2D eigenvalue weighted by Gasteiger charge is -2.32. The Morgan fingerprint density at radius 3 is 2.08 bits per heavy atom. The summed E-state index contributed by atoms with van der Waals surface area (Å²) in [5, 5.41) is 0. The van der Waals surface area contributed by atoms with Crippen molar-refractivity contribution in [2.75, 3.05) is 39.8 Å². The maximum Gasteiger partial charge on any atom is 0.261 e. The van der Waals surface area contributed by atoms with E-state index in [0.717, 1.165) is 51.9 Å². The van der Waals surface area contributed by atoms with E-state index in [0.29, 0.717) is 24.1 Å². The zero-order valence-corrected chi connectivity index (χ0v) is 15.4. The molecule has 0 aromatic heterocycles. The van der Waals surface area contributed by atoms with E-state index < -0.39 is 0 Å². The van der Waals surface area contributed by atoms with Gasteiger partial charge in [-0.25, -0.2) is 0 Å². The predicted molar refractivity (Wildman–Crippen MR) is 99.0 cm³/mol. The van der Waals surface area contributed by atoms with E-state index in [4.69, 9.17) is 0 Å². The van der Waals surface area contributed by atoms with Crippen molar-refractivity contribution >= 4 is 17.7 Å². The number of carbonyl (C=O) groups excluding carboxylic acids is 3. The number of rotatable bonds is 7. The molecule has 0 aliphatic carbocycles. The molecule has 1 saturated heterocycles. The van der Waals surface area contributed by atoms with Gasteiger partial charge in [0.25, 0.3) is 11.8 Å². The third kappa shape index (κ3) is 4.12. The van der Waals surface area contributed by atoms with Gasteiger partial charge in [-0.05, 0) is 32.0 Å². The van der Waals surface area contributed by atoms with Gasteiger partial charge in [0.2, 0.25) is 5.91 Å². The molecular weight excluding hydrogens is 330 g/mol. The third-order valence-electron chi connectivity index (χ3n) is 5.26. The van der Waals surface area contributed by atoms with Crippen molar-refractivity contribution in [2.24, 2.45) is 0 Å². The summed E-state index contributed by atoms with van der Waals surface area (Å²) in [7, 11) is 2.08. The van der Waals surface area contributed by atoms with Crippen molar-refractivity contribution < 1.29 is 14.4 Å². The van der Waals surface area contributed by atoms with Crippen LogP contribution in [0.4, 0.5) is 0 Å². The zero-order chi connectivity index (χ0) is 18.5. The number of likely N-dealkylation sites (N-methyl/N-ethyl adjacent to an activating group) is 1. The summed E-state index contributed by atoms with van der Waals surface area (Å²) in [6, 6.07) is 6.98. The van der Waals surface area contributed by atoms with Crippen LogP contribution >= 0.6 is 0 Å². The molecule has 1 fully saturated rings. The summed E-state index contributed by atoms with van der Waals surface area (Å²) in [6.45, 7) is 4.01. The van der Waals surface area contributed by atoms with Gasteiger partial charge in [0, 0.05) is 39.1 Å². The summed E-state index contributed by atoms with van der Waals surface area (Å²) in [4.78, 5) is 42.2. The number of unbranched alkanes of at least 4 members (excludes halogenated alkanes) is 3. The van der Waals surface area contributed by atoms with Crippen LogP contribution in [0, 0.1) is 0 Å². The van der Waals surface area contributed by atoms with Gasteiger partial charge in [-0.1, -0.05) is 25.0 Å². The van der Waals surface area contributed by atoms with E-state index in [2.05, 4.69) is 11.9 Å². The number of hydrogen-bond acceptors (Lipinski definition) is 4. The van der Waals surface area contributed by atoms with E-state index >= 15 is 0 Å². The fraction of sp³-hybridized carbons (Fsp3) is 0.550. The van der Waals surface area contributed by atoms with Gasteiger partial charge in [0.05, 0.1) is 11.1 Å². The minimum atomic E-state index is -0.184. The Hall–Kier alpha value is -2.21. The summed E-state index contributed by atoms with van der Waals surface area (Å²) < 4.78 is 0. The average molecular weight is 357 g/mol. The number of piperazine rings is 1. The molecule has 0 unspecified atom stereocenters. The van der Waals surface area contributed by atoms with Crippen LogP contribution in [0.1, 0.15) is 52.8 Å². The molecule has 140 valence electrons. The molecule has 2 aliphatic rings. The first-order valence-electron chi connectivity index (χ1n) is 9.49. The molecule has 26 heavy (non-hydrogen) atoms. The highest BCUT2D eigenvalue weighted by molar-refractivity contribution is 6.21. The van der Waals surface area contributed by atoms with Gasteiger partial charge < -0.3 is 9.80 Å². The Balaban J connectivity index is 1.32. The van der Waals surface area contributed by atoms with Crippen molar-refractivity contribution in [3.8, 4) is 0 Å². The lowest BCUT2D eigenvalue weighted by atomic mass is 10.1. The predicted octanol–water partition coefficient (Wildman–Crippen LogP) is 2.01. The number of imide groups is 1. The van der Waals surface area contributed by atoms with E-state index in [9.17, 15) is 14.4 Å². The Morgan fingerprint density at radius 2 is 1.46 bits per heavy atom. The van der Waals surface area contributed by atoms with Crippen LogP contribution in [0.25, 0.3) is 0 Å². The van der Waals surface area contributed by atoms with Crippen molar-refractivity contribution in [1.29, 1.82) is 0 Å². The monoisotopic (exact) mass is 357 g/mol. The zero-order valence-electron chi connectivity index (χ0n) is 15.4. The van der Waals surface area contributed by atoms with Crippen LogP contribution in [0.2, 0.25) is 0 Å². The molecule has 6 heteroatoms. The van der Waals surface area contributed by atoms with Crippen LogP contribution in [0.5, 0.6) is 0 Å². The molecule has 3 rings (SSSR count). The van der Waals surface area contributed by atoms with Crippen molar-refractivity contribution in [3.05, 3.63) is 35.4 Å². The van der Waals surface area contributed by atoms with Crippen LogP contribution in [0.15, 0.2) is 24.3 Å². The molecule has 0 saturated carbocycles. The van der Waals surface area contributed by atoms with E-state index in [-0.39, 0.29) is 17.7 Å². The second-order valence-electron chi connectivity index (χ2n) is 7.16. The summed E-state index contributed by atoms with van der Waals surface area (Å²) in [5.41, 5.74) is 1.02. The molecule has 2 heterocycles. The highest BCUT2D eigenvalue weighted by atomic mass is 16.2. The largest absolute Gasteiger partial charge is 0.340 e. The average Bonchev–Trinajstić information content (AvgIpc) is 2.90. The Morgan fingerprint density at radius 1 is 0.885 bits per heavy atom. The standard InChI is InChI=1S/C20H27N3O3/c1-21-12-14-22(15-13-21)18(24)10-4-2-3-7-11-23-19(25)16-8-5-6-9-17(16)20(23)26/h5-6,8-9H,2-4,7,10-15H2,1H3. The van der Waals surface area contributed by atoms with Gasteiger partial charge in [0.15, 0.2) is 0 Å². The fourth-order valence-electron chi connectivity index (χ4n) is 3.56. The number of benzene rings is 1. The van der Waals surface area contributed by atoms with Crippen LogP contribution in [0.3, 0.4) is 0 Å². The number of hydrogen-bond donors (Lipinski definition) is 0. The minimum Gasteiger partial charge on any atom is -0.340 e. The van der Waals surface area contributed by atoms with Crippen LogP contribution in [-0.4, -0.2) is 72.2 Å². The molecular formula is C20H27N3O3. The van der Waals surface area contributed by atoms with Crippen molar-refractivity contribution in [3.63, 3.8) is 0 Å². The summed E-state index contributed by atoms with van der Waals surface area (Å²) in [6.07, 6.45) is 4.12. The quantitative estimate of drug-likeness (QED) is 0.553. The molecule has 2 aliphatic heterocycles. The highest BCUT2D eigenvalue weighted by Crippen LogP contribution is 2.22. The van der Waals surface area contributed by atoms with Gasteiger partial charge in [0.1, 0.15) is 0 Å². The molecule has 1 aromatic carbocycles. The third-order valence-corrected chi connectivity index (χ3v) is 5.26. The van der Waals surface area contributed by atoms with Crippen molar-refractivity contribution in [1.82, 2.24) is 14.7 Å². The highest BCUT2D eigenvalue weighted by Gasteiger charge is 2.34. The van der Waals surface area contributed by atoms with Gasteiger partial charge >= 0.3 is 0 Å². The molecule has 3 amide bonds. The first-order valence-corrected chi connectivity index (χ1v) is 9.49. The summed E-state index contributed by atoms with van der Waals surface area (Å²) in [5.74, 6) is -0.120. The number of carbonyl (C=O) groups is 3. The second kappa shape index (κ2) is 8.45. The number of nitrogens with zero attached hydrogens (tertiary/aromatic N) is 3. The Kier molecular flexibility index (Phi) is 6.04. The van der Waals surface area contributed by atoms with E-state index in [1.54, 1.807) is 24.3 Å². The normalized spacial score (nSPS) is 17.7. The smallest absolute Gasteiger partial charge is 0.261 e. The minimum absolute atomic E-state index is 0.184. The number of amides is 3. The van der Waals surface area contributed by atoms with Gasteiger partial charge in [-0.3, -0.25) is 19.3 Å². The van der Waals surface area contributed by atoms with Crippen LogP contribution in [-0.2, 0) is 4.79 Å². The maximum absolute atomic E-state index is 12.3. The first kappa shape index (κ1) is 18.6. The maximum atomic E-state index is 12.3. The molecule has 0 atom stereocenters. The molecule has 0 N–H and O–H groups in total. The molecule has 6 nitrogen and oxygen atoms in total. The topological polar surface area (TPSA) is 60.9 Å². The van der Waals surface area contributed by atoms with E-state index in [1.807, 2.05) is 4.90 Å². The first-order chi connectivity index (χ1) is 12.6. The Labute approximate surface area is 154 Å². The molecule has 0 spiro atoms. The molecule has 0 radical (unpaired) electrons. The van der Waals surface area contributed by atoms with Gasteiger partial charge in [-0.2, -0.15) is 0 Å². The second-order valence-corrected chi connectivity index (χ2v) is 7.16. The number of fused-ring (bicyclic) bond motifs is 1. The fourth-order valence-corrected chi connectivity index (χ4v) is 3.56. The lowest BCUT2D eigenvalue weighted by Crippen LogP contribution is -2.47. The molecule has 0 bridgehead atoms. The lowest BCUT2D eigenvalue weighted by molar-refractivity contribution is -0.132. The van der Waals surface area contributed by atoms with E-state index in [1.165, 1.54) is 4.90 Å². The van der Waals surface area contributed by atoms with Crippen LogP contribution < -0.4 is 0 Å². The Bertz CT molecular complexity index is 646. The van der Waals surface area contributed by atoms with Crippen molar-refractivity contribution in [2.45, 2.75) is 32.1 Å². The van der Waals surface area contributed by atoms with Gasteiger partial charge in [-0.15, -0.1) is 0 Å². The SMILES string of the molecule is CN1CCN(C(=O)CCCCCCN2C(=O)c3ccccc3C2=O)CC1.